The molecule has 0 aliphatic carbocycles. The predicted octanol–water partition coefficient (Wildman–Crippen LogP) is 3.49. The molecular weight excluding hydrogens is 322 g/mol. The Bertz CT molecular complexity index is 756. The molecule has 0 bridgehead atoms. The van der Waals surface area contributed by atoms with Crippen molar-refractivity contribution < 1.29 is 8.78 Å². The number of anilines is 1. The van der Waals surface area contributed by atoms with Crippen LogP contribution in [0.4, 0.5) is 14.5 Å². The Morgan fingerprint density at radius 2 is 2.04 bits per heavy atom. The molecule has 25 heavy (non-hydrogen) atoms. The van der Waals surface area contributed by atoms with Crippen LogP contribution in [0.15, 0.2) is 18.2 Å². The van der Waals surface area contributed by atoms with Crippen LogP contribution in [0.3, 0.4) is 0 Å². The summed E-state index contributed by atoms with van der Waals surface area (Å²) in [5.74, 6) is -1.08. The molecule has 1 fully saturated rings. The van der Waals surface area contributed by atoms with Gasteiger partial charge in [-0.05, 0) is 45.2 Å². The Morgan fingerprint density at radius 3 is 2.68 bits per heavy atom. The molecule has 0 spiro atoms. The zero-order valence-electron chi connectivity index (χ0n) is 15.3. The molecule has 2 heterocycles. The third-order valence-electron chi connectivity index (χ3n) is 5.26. The molecule has 0 unspecified atom stereocenters. The number of hydrogen-bond donors (Lipinski definition) is 1. The molecule has 1 aliphatic rings. The van der Waals surface area contributed by atoms with Crippen molar-refractivity contribution in [1.82, 2.24) is 15.1 Å². The first-order valence-electron chi connectivity index (χ1n) is 8.80. The number of rotatable bonds is 5. The van der Waals surface area contributed by atoms with Gasteiger partial charge < -0.3 is 10.2 Å². The third kappa shape index (κ3) is 3.68. The minimum Gasteiger partial charge on any atom is -0.371 e. The first kappa shape index (κ1) is 17.9. The summed E-state index contributed by atoms with van der Waals surface area (Å²) in [5, 5.41) is 8.10. The lowest BCUT2D eigenvalue weighted by atomic mass is 10.0. The van der Waals surface area contributed by atoms with E-state index < -0.39 is 11.6 Å². The summed E-state index contributed by atoms with van der Waals surface area (Å²) in [5.41, 5.74) is 4.27. The van der Waals surface area contributed by atoms with Crippen molar-refractivity contribution in [3.05, 3.63) is 46.8 Å². The molecule has 1 aliphatic heterocycles. The van der Waals surface area contributed by atoms with Crippen LogP contribution in [0.5, 0.6) is 0 Å². The minimum absolute atomic E-state index is 0.242. The van der Waals surface area contributed by atoms with Crippen molar-refractivity contribution in [2.24, 2.45) is 13.0 Å². The molecule has 2 aromatic rings. The van der Waals surface area contributed by atoms with Gasteiger partial charge in [-0.15, -0.1) is 0 Å². The lowest BCUT2D eigenvalue weighted by molar-refractivity contribution is 0.470. The predicted molar refractivity (Wildman–Crippen MR) is 95.8 cm³/mol. The zero-order valence-corrected chi connectivity index (χ0v) is 15.3. The largest absolute Gasteiger partial charge is 0.371 e. The lowest BCUT2D eigenvalue weighted by Crippen LogP contribution is -2.28. The van der Waals surface area contributed by atoms with E-state index in [9.17, 15) is 8.78 Å². The van der Waals surface area contributed by atoms with Gasteiger partial charge in [-0.1, -0.05) is 0 Å². The molecule has 136 valence electrons. The average molecular weight is 348 g/mol. The van der Waals surface area contributed by atoms with E-state index in [1.165, 1.54) is 23.4 Å². The second-order valence-corrected chi connectivity index (χ2v) is 7.04. The highest BCUT2D eigenvalue weighted by Crippen LogP contribution is 2.26. The first-order valence-corrected chi connectivity index (χ1v) is 8.80. The van der Waals surface area contributed by atoms with E-state index in [2.05, 4.69) is 29.2 Å². The molecule has 1 aromatic carbocycles. The maximum absolute atomic E-state index is 13.4. The fourth-order valence-electron chi connectivity index (χ4n) is 3.78. The summed E-state index contributed by atoms with van der Waals surface area (Å²) in [6, 6.07) is 4.38. The van der Waals surface area contributed by atoms with Gasteiger partial charge in [0.1, 0.15) is 0 Å². The lowest BCUT2D eigenvalue weighted by Gasteiger charge is -2.20. The molecule has 6 heteroatoms. The number of aryl methyl sites for hydroxylation is 2. The van der Waals surface area contributed by atoms with Crippen LogP contribution in [-0.2, 0) is 7.05 Å². The summed E-state index contributed by atoms with van der Waals surface area (Å²) in [4.78, 5) is 2.13. The number of benzene rings is 1. The number of halogens is 2. The summed E-state index contributed by atoms with van der Waals surface area (Å²) in [6.45, 7) is 8.93. The molecule has 0 radical (unpaired) electrons. The van der Waals surface area contributed by atoms with Crippen LogP contribution >= 0.6 is 0 Å². The minimum atomic E-state index is -0.794. The first-order chi connectivity index (χ1) is 11.9. The van der Waals surface area contributed by atoms with Gasteiger partial charge in [0.2, 0.25) is 0 Å². The van der Waals surface area contributed by atoms with Gasteiger partial charge in [0.15, 0.2) is 11.6 Å². The number of nitrogens with zero attached hydrogens (tertiary/aromatic N) is 3. The maximum atomic E-state index is 13.4. The molecule has 3 rings (SSSR count). The number of hydrogen-bond acceptors (Lipinski definition) is 3. The van der Waals surface area contributed by atoms with E-state index in [1.54, 1.807) is 6.07 Å². The van der Waals surface area contributed by atoms with E-state index in [0.717, 1.165) is 37.4 Å². The summed E-state index contributed by atoms with van der Waals surface area (Å²) in [7, 11) is 1.97. The standard InChI is InChI=1S/C19H26F2N4/c1-12(19-13(2)23-24(4)14(19)3)22-10-15-7-8-25(11-15)16-5-6-17(20)18(21)9-16/h5-6,9,12,15,22H,7-8,10-11H2,1-4H3/t12-,15-/m1/s1. The van der Waals surface area contributed by atoms with Crippen molar-refractivity contribution in [1.29, 1.82) is 0 Å². The van der Waals surface area contributed by atoms with Crippen LogP contribution < -0.4 is 10.2 Å². The van der Waals surface area contributed by atoms with Gasteiger partial charge in [-0.25, -0.2) is 8.78 Å². The van der Waals surface area contributed by atoms with E-state index >= 15 is 0 Å². The number of aromatic nitrogens is 2. The highest BCUT2D eigenvalue weighted by molar-refractivity contribution is 5.47. The second kappa shape index (κ2) is 7.12. The van der Waals surface area contributed by atoms with Gasteiger partial charge in [-0.2, -0.15) is 5.10 Å². The highest BCUT2D eigenvalue weighted by atomic mass is 19.2. The van der Waals surface area contributed by atoms with Crippen molar-refractivity contribution in [3.8, 4) is 0 Å². The fraction of sp³-hybridized carbons (Fsp3) is 0.526. The summed E-state index contributed by atoms with van der Waals surface area (Å²) in [6.07, 6.45) is 1.05. The Kier molecular flexibility index (Phi) is 5.08. The van der Waals surface area contributed by atoms with Gasteiger partial charge >= 0.3 is 0 Å². The second-order valence-electron chi connectivity index (χ2n) is 7.04. The fourth-order valence-corrected chi connectivity index (χ4v) is 3.78. The quantitative estimate of drug-likeness (QED) is 0.898. The molecule has 1 saturated heterocycles. The Morgan fingerprint density at radius 1 is 1.28 bits per heavy atom. The summed E-state index contributed by atoms with van der Waals surface area (Å²) >= 11 is 0. The average Bonchev–Trinajstić information content (AvgIpc) is 3.13. The Labute approximate surface area is 147 Å². The van der Waals surface area contributed by atoms with Crippen LogP contribution in [0.25, 0.3) is 0 Å². The smallest absolute Gasteiger partial charge is 0.160 e. The normalized spacial score (nSPS) is 18.8. The van der Waals surface area contributed by atoms with Gasteiger partial charge in [-0.3, -0.25) is 4.68 Å². The van der Waals surface area contributed by atoms with Crippen LogP contribution in [0.2, 0.25) is 0 Å². The van der Waals surface area contributed by atoms with E-state index in [-0.39, 0.29) is 6.04 Å². The summed E-state index contributed by atoms with van der Waals surface area (Å²) < 4.78 is 28.4. The molecule has 1 aromatic heterocycles. The van der Waals surface area contributed by atoms with E-state index in [4.69, 9.17) is 0 Å². The molecule has 0 amide bonds. The SMILES string of the molecule is Cc1nn(C)c(C)c1[C@@H](C)NC[C@H]1CCN(c2ccc(F)c(F)c2)C1. The van der Waals surface area contributed by atoms with Crippen LogP contribution in [-0.4, -0.2) is 29.4 Å². The van der Waals surface area contributed by atoms with Crippen LogP contribution in [0.1, 0.15) is 36.3 Å². The molecular formula is C19H26F2N4. The molecule has 1 N–H and O–H groups in total. The third-order valence-corrected chi connectivity index (χ3v) is 5.26. The van der Waals surface area contributed by atoms with Crippen molar-refractivity contribution in [2.45, 2.75) is 33.2 Å². The zero-order chi connectivity index (χ0) is 18.1. The van der Waals surface area contributed by atoms with Crippen LogP contribution in [0, 0.1) is 31.4 Å². The van der Waals surface area contributed by atoms with Gasteiger partial charge in [0, 0.05) is 55.7 Å². The van der Waals surface area contributed by atoms with E-state index in [1.807, 2.05) is 18.7 Å². The topological polar surface area (TPSA) is 33.1 Å². The highest BCUT2D eigenvalue weighted by Gasteiger charge is 2.24. The van der Waals surface area contributed by atoms with E-state index in [0.29, 0.717) is 5.92 Å². The molecule has 0 saturated carbocycles. The Balaban J connectivity index is 1.57. The van der Waals surface area contributed by atoms with Crippen molar-refractivity contribution >= 4 is 5.69 Å². The maximum Gasteiger partial charge on any atom is 0.160 e. The van der Waals surface area contributed by atoms with Crippen molar-refractivity contribution in [2.75, 3.05) is 24.5 Å². The van der Waals surface area contributed by atoms with Gasteiger partial charge in [0.25, 0.3) is 0 Å². The number of nitrogens with one attached hydrogen (secondary N) is 1. The van der Waals surface area contributed by atoms with Gasteiger partial charge in [0.05, 0.1) is 5.69 Å². The Hall–Kier alpha value is -1.95. The molecule has 2 atom stereocenters. The van der Waals surface area contributed by atoms with Crippen molar-refractivity contribution in [3.63, 3.8) is 0 Å². The monoisotopic (exact) mass is 348 g/mol. The molecule has 4 nitrogen and oxygen atoms in total.